The zero-order valence-corrected chi connectivity index (χ0v) is 15.7. The Morgan fingerprint density at radius 1 is 1.24 bits per heavy atom. The average molecular weight is 350 g/mol. The molecule has 0 radical (unpaired) electrons. The Balaban J connectivity index is 2.53. The molecule has 0 aliphatic heterocycles. The van der Waals surface area contributed by atoms with Gasteiger partial charge >= 0.3 is 0 Å². The third kappa shape index (κ3) is 6.05. The molecule has 1 aromatic carbocycles. The van der Waals surface area contributed by atoms with Gasteiger partial charge in [-0.25, -0.2) is 0 Å². The van der Waals surface area contributed by atoms with Crippen molar-refractivity contribution in [3.05, 3.63) is 29.3 Å². The second-order valence-electron chi connectivity index (χ2n) is 7.30. The molecule has 0 heterocycles. The summed E-state index contributed by atoms with van der Waals surface area (Å²) in [6.45, 7) is 9.64. The summed E-state index contributed by atoms with van der Waals surface area (Å²) in [6, 6.07) is 4.50. The fourth-order valence-corrected chi connectivity index (χ4v) is 2.38. The Kier molecular flexibility index (Phi) is 7.42. The first kappa shape index (κ1) is 21.0. The smallest absolute Gasteiger partial charge is 0.251 e. The maximum atomic E-state index is 12.3. The highest BCUT2D eigenvalue weighted by Crippen LogP contribution is 2.30. The molecule has 0 spiro atoms. The number of aliphatic hydroxyl groups is 1. The van der Waals surface area contributed by atoms with Crippen molar-refractivity contribution >= 4 is 11.8 Å². The summed E-state index contributed by atoms with van der Waals surface area (Å²) in [5.41, 5.74) is 0.778. The SMILES string of the molecule is Cc1ccc(C(=O)N[C@@H](C)CNC(=O)C(C)C(C)(C)CCO)cc1O. The number of aliphatic hydroxyl groups excluding tert-OH is 1. The number of benzene rings is 1. The second kappa shape index (κ2) is 8.85. The van der Waals surface area contributed by atoms with Crippen molar-refractivity contribution in [2.24, 2.45) is 11.3 Å². The van der Waals surface area contributed by atoms with E-state index in [0.29, 0.717) is 24.1 Å². The van der Waals surface area contributed by atoms with E-state index in [4.69, 9.17) is 5.11 Å². The van der Waals surface area contributed by atoms with Gasteiger partial charge in [0.2, 0.25) is 5.91 Å². The van der Waals surface area contributed by atoms with Crippen LogP contribution < -0.4 is 10.6 Å². The quantitative estimate of drug-likeness (QED) is 0.576. The minimum Gasteiger partial charge on any atom is -0.508 e. The second-order valence-corrected chi connectivity index (χ2v) is 7.30. The van der Waals surface area contributed by atoms with Crippen molar-refractivity contribution in [3.8, 4) is 5.75 Å². The number of carbonyl (C=O) groups is 2. The van der Waals surface area contributed by atoms with E-state index < -0.39 is 0 Å². The van der Waals surface area contributed by atoms with Gasteiger partial charge in [-0.05, 0) is 43.4 Å². The normalized spacial score (nSPS) is 13.8. The Hall–Kier alpha value is -2.08. The minimum atomic E-state index is -0.301. The molecule has 0 saturated carbocycles. The van der Waals surface area contributed by atoms with Crippen LogP contribution in [0.15, 0.2) is 18.2 Å². The highest BCUT2D eigenvalue weighted by molar-refractivity contribution is 5.94. The van der Waals surface area contributed by atoms with E-state index in [1.807, 2.05) is 20.8 Å². The van der Waals surface area contributed by atoms with Crippen molar-refractivity contribution in [1.29, 1.82) is 0 Å². The third-order valence-corrected chi connectivity index (χ3v) is 4.75. The summed E-state index contributed by atoms with van der Waals surface area (Å²) < 4.78 is 0. The van der Waals surface area contributed by atoms with E-state index in [9.17, 15) is 14.7 Å². The minimum absolute atomic E-state index is 0.0421. The van der Waals surface area contributed by atoms with Crippen LogP contribution in [-0.2, 0) is 4.79 Å². The van der Waals surface area contributed by atoms with Crippen LogP contribution in [0.5, 0.6) is 5.75 Å². The van der Waals surface area contributed by atoms with Crippen LogP contribution in [0.1, 0.15) is 50.0 Å². The number of carbonyl (C=O) groups excluding carboxylic acids is 2. The Labute approximate surface area is 149 Å². The number of hydrogen-bond donors (Lipinski definition) is 4. The number of amides is 2. The molecule has 140 valence electrons. The lowest BCUT2D eigenvalue weighted by Gasteiger charge is -2.30. The lowest BCUT2D eigenvalue weighted by atomic mass is 9.77. The molecule has 1 rings (SSSR count). The van der Waals surface area contributed by atoms with Gasteiger partial charge in [0.05, 0.1) is 0 Å². The number of aromatic hydroxyl groups is 1. The van der Waals surface area contributed by atoms with Crippen LogP contribution in [-0.4, -0.2) is 41.2 Å². The Morgan fingerprint density at radius 2 is 1.88 bits per heavy atom. The zero-order chi connectivity index (χ0) is 19.2. The van der Waals surface area contributed by atoms with Crippen LogP contribution in [0, 0.1) is 18.3 Å². The van der Waals surface area contributed by atoms with E-state index in [2.05, 4.69) is 10.6 Å². The molecule has 1 aromatic rings. The number of phenolic OH excluding ortho intramolecular Hbond substituents is 1. The molecular formula is C19H30N2O4. The molecule has 0 saturated heterocycles. The number of phenols is 1. The van der Waals surface area contributed by atoms with Crippen molar-refractivity contribution in [2.75, 3.05) is 13.2 Å². The Morgan fingerprint density at radius 3 is 2.44 bits per heavy atom. The first-order valence-electron chi connectivity index (χ1n) is 8.57. The predicted molar refractivity (Wildman–Crippen MR) is 97.4 cm³/mol. The van der Waals surface area contributed by atoms with Gasteiger partial charge in [0.25, 0.3) is 5.91 Å². The van der Waals surface area contributed by atoms with E-state index in [1.165, 1.54) is 6.07 Å². The zero-order valence-electron chi connectivity index (χ0n) is 15.7. The number of nitrogens with one attached hydrogen (secondary N) is 2. The van der Waals surface area contributed by atoms with E-state index >= 15 is 0 Å². The molecule has 1 unspecified atom stereocenters. The van der Waals surface area contributed by atoms with Crippen LogP contribution in [0.2, 0.25) is 0 Å². The summed E-state index contributed by atoms with van der Waals surface area (Å²) in [4.78, 5) is 24.4. The van der Waals surface area contributed by atoms with Crippen molar-refractivity contribution in [1.82, 2.24) is 10.6 Å². The number of rotatable bonds is 8. The van der Waals surface area contributed by atoms with Crippen molar-refractivity contribution in [2.45, 2.75) is 47.1 Å². The molecule has 0 aliphatic carbocycles. The van der Waals surface area contributed by atoms with Crippen molar-refractivity contribution < 1.29 is 19.8 Å². The van der Waals surface area contributed by atoms with Gasteiger partial charge in [0.1, 0.15) is 5.75 Å². The fourth-order valence-electron chi connectivity index (χ4n) is 2.38. The van der Waals surface area contributed by atoms with Gasteiger partial charge in [0.15, 0.2) is 0 Å². The molecule has 6 nitrogen and oxygen atoms in total. The molecule has 0 aliphatic rings. The first-order chi connectivity index (χ1) is 11.6. The fraction of sp³-hybridized carbons (Fsp3) is 0.579. The van der Waals surface area contributed by atoms with Gasteiger partial charge in [0, 0.05) is 30.7 Å². The van der Waals surface area contributed by atoms with E-state index in [0.717, 1.165) is 0 Å². The molecule has 6 heteroatoms. The lowest BCUT2D eigenvalue weighted by Crippen LogP contribution is -2.45. The maximum absolute atomic E-state index is 12.3. The molecule has 2 atom stereocenters. The van der Waals surface area contributed by atoms with Gasteiger partial charge in [-0.15, -0.1) is 0 Å². The maximum Gasteiger partial charge on any atom is 0.251 e. The summed E-state index contributed by atoms with van der Waals surface area (Å²) in [5.74, 6) is -0.580. The molecule has 0 fully saturated rings. The number of aryl methyl sites for hydroxylation is 1. The van der Waals surface area contributed by atoms with Crippen molar-refractivity contribution in [3.63, 3.8) is 0 Å². The summed E-state index contributed by atoms with van der Waals surface area (Å²) in [7, 11) is 0. The molecule has 2 amide bonds. The first-order valence-corrected chi connectivity index (χ1v) is 8.57. The van der Waals surface area contributed by atoms with Crippen LogP contribution >= 0.6 is 0 Å². The van der Waals surface area contributed by atoms with Gasteiger partial charge in [-0.3, -0.25) is 9.59 Å². The molecule has 0 bridgehead atoms. The summed E-state index contributed by atoms with van der Waals surface area (Å²) in [6.07, 6.45) is 0.546. The largest absolute Gasteiger partial charge is 0.508 e. The highest BCUT2D eigenvalue weighted by Gasteiger charge is 2.30. The van der Waals surface area contributed by atoms with E-state index in [-0.39, 0.29) is 41.5 Å². The van der Waals surface area contributed by atoms with E-state index in [1.54, 1.807) is 26.0 Å². The molecule has 25 heavy (non-hydrogen) atoms. The standard InChI is InChI=1S/C19H30N2O4/c1-12-6-7-15(10-16(12)23)18(25)21-13(2)11-20-17(24)14(3)19(4,5)8-9-22/h6-7,10,13-14,22-23H,8-9,11H2,1-5H3,(H,20,24)(H,21,25)/t13-,14?/m0/s1. The summed E-state index contributed by atoms with van der Waals surface area (Å²) >= 11 is 0. The Bertz CT molecular complexity index is 613. The predicted octanol–water partition coefficient (Wildman–Crippen LogP) is 1.98. The highest BCUT2D eigenvalue weighted by atomic mass is 16.3. The van der Waals surface area contributed by atoms with Gasteiger partial charge in [-0.2, -0.15) is 0 Å². The van der Waals surface area contributed by atoms with Gasteiger partial charge < -0.3 is 20.8 Å². The average Bonchev–Trinajstić information content (AvgIpc) is 2.54. The van der Waals surface area contributed by atoms with Crippen LogP contribution in [0.3, 0.4) is 0 Å². The summed E-state index contributed by atoms with van der Waals surface area (Å²) in [5, 5.41) is 24.4. The third-order valence-electron chi connectivity index (χ3n) is 4.75. The molecule has 0 aromatic heterocycles. The van der Waals surface area contributed by atoms with Gasteiger partial charge in [-0.1, -0.05) is 26.8 Å². The van der Waals surface area contributed by atoms with Crippen LogP contribution in [0.25, 0.3) is 0 Å². The lowest BCUT2D eigenvalue weighted by molar-refractivity contribution is -0.128. The number of hydrogen-bond acceptors (Lipinski definition) is 4. The monoisotopic (exact) mass is 350 g/mol. The molecular weight excluding hydrogens is 320 g/mol. The molecule has 4 N–H and O–H groups in total. The topological polar surface area (TPSA) is 98.7 Å². The van der Waals surface area contributed by atoms with Crippen LogP contribution in [0.4, 0.5) is 0 Å².